The molecule has 1 aromatic carbocycles. The first kappa shape index (κ1) is 18.6. The number of carbonyl (C=O) groups is 2. The molecule has 0 saturated carbocycles. The minimum absolute atomic E-state index is 0.0120. The molecule has 1 aromatic rings. The average Bonchev–Trinajstić information content (AvgIpc) is 2.47. The maximum atomic E-state index is 12.0. The van der Waals surface area contributed by atoms with E-state index in [2.05, 4.69) is 5.32 Å². The number of anilines is 1. The Labute approximate surface area is 134 Å². The lowest BCUT2D eigenvalue weighted by Gasteiger charge is -2.24. The van der Waals surface area contributed by atoms with Crippen LogP contribution < -0.4 is 5.32 Å². The van der Waals surface area contributed by atoms with Crippen LogP contribution in [0, 0.1) is 10.1 Å². The molecule has 0 radical (unpaired) electrons. The minimum atomic E-state index is -0.508. The number of nitrogens with zero attached hydrogens (tertiary/aromatic N) is 2. The zero-order valence-corrected chi connectivity index (χ0v) is 13.4. The Bertz CT molecular complexity index is 557. The highest BCUT2D eigenvalue weighted by Crippen LogP contribution is 2.15. The van der Waals surface area contributed by atoms with Gasteiger partial charge in [0.15, 0.2) is 0 Å². The lowest BCUT2D eigenvalue weighted by atomic mass is 10.2. The van der Waals surface area contributed by atoms with Crippen LogP contribution in [0.15, 0.2) is 24.3 Å². The number of nitro groups is 1. The van der Waals surface area contributed by atoms with Crippen molar-refractivity contribution in [3.8, 4) is 0 Å². The minimum Gasteiger partial charge on any atom is -0.465 e. The van der Waals surface area contributed by atoms with E-state index in [1.807, 2.05) is 13.8 Å². The maximum absolute atomic E-state index is 12.0. The van der Waals surface area contributed by atoms with Crippen LogP contribution >= 0.6 is 0 Å². The van der Waals surface area contributed by atoms with Gasteiger partial charge in [0.25, 0.3) is 5.69 Å². The Morgan fingerprint density at radius 2 is 1.87 bits per heavy atom. The van der Waals surface area contributed by atoms with Gasteiger partial charge < -0.3 is 10.1 Å². The number of nitro benzene ring substituents is 1. The van der Waals surface area contributed by atoms with E-state index in [-0.39, 0.29) is 36.7 Å². The second-order valence-corrected chi connectivity index (χ2v) is 5.16. The molecule has 0 aromatic heterocycles. The summed E-state index contributed by atoms with van der Waals surface area (Å²) in [5, 5.41) is 13.2. The van der Waals surface area contributed by atoms with Crippen LogP contribution in [0.2, 0.25) is 0 Å². The molecule has 8 nitrogen and oxygen atoms in total. The van der Waals surface area contributed by atoms with Gasteiger partial charge in [-0.3, -0.25) is 24.6 Å². The van der Waals surface area contributed by atoms with Crippen molar-refractivity contribution in [2.24, 2.45) is 0 Å². The molecule has 0 fully saturated rings. The number of hydrogen-bond acceptors (Lipinski definition) is 6. The van der Waals surface area contributed by atoms with Crippen molar-refractivity contribution >= 4 is 23.3 Å². The van der Waals surface area contributed by atoms with Crippen LogP contribution in [0.1, 0.15) is 20.8 Å². The van der Waals surface area contributed by atoms with E-state index in [0.717, 1.165) is 0 Å². The molecule has 1 rings (SSSR count). The predicted molar refractivity (Wildman–Crippen MR) is 85.1 cm³/mol. The number of rotatable bonds is 8. The SMILES string of the molecule is CCOC(=O)CN(CC(=O)Nc1ccc([N+](=O)[O-])cc1)C(C)C. The van der Waals surface area contributed by atoms with Crippen molar-refractivity contribution in [3.63, 3.8) is 0 Å². The molecular weight excluding hydrogens is 302 g/mol. The molecule has 0 bridgehead atoms. The van der Waals surface area contributed by atoms with E-state index >= 15 is 0 Å². The van der Waals surface area contributed by atoms with Gasteiger partial charge in [-0.05, 0) is 32.9 Å². The molecule has 0 unspecified atom stereocenters. The second-order valence-electron chi connectivity index (χ2n) is 5.16. The van der Waals surface area contributed by atoms with Gasteiger partial charge in [-0.15, -0.1) is 0 Å². The van der Waals surface area contributed by atoms with Gasteiger partial charge >= 0.3 is 5.97 Å². The molecule has 0 aliphatic rings. The number of non-ortho nitro benzene ring substituents is 1. The van der Waals surface area contributed by atoms with Gasteiger partial charge in [0, 0.05) is 23.9 Å². The van der Waals surface area contributed by atoms with Crippen molar-refractivity contribution in [2.75, 3.05) is 25.0 Å². The Hall–Kier alpha value is -2.48. The third kappa shape index (κ3) is 6.43. The fourth-order valence-corrected chi connectivity index (χ4v) is 1.84. The summed E-state index contributed by atoms with van der Waals surface area (Å²) in [7, 11) is 0. The Balaban J connectivity index is 2.61. The summed E-state index contributed by atoms with van der Waals surface area (Å²) in [4.78, 5) is 35.3. The summed E-state index contributed by atoms with van der Waals surface area (Å²) in [6.45, 7) is 5.81. The molecule has 0 atom stereocenters. The number of nitrogens with one attached hydrogen (secondary N) is 1. The largest absolute Gasteiger partial charge is 0.465 e. The topological polar surface area (TPSA) is 102 Å². The van der Waals surface area contributed by atoms with Crippen molar-refractivity contribution < 1.29 is 19.2 Å². The van der Waals surface area contributed by atoms with Gasteiger partial charge in [-0.1, -0.05) is 0 Å². The molecule has 0 heterocycles. The highest BCUT2D eigenvalue weighted by molar-refractivity contribution is 5.92. The van der Waals surface area contributed by atoms with Crippen LogP contribution in [-0.2, 0) is 14.3 Å². The van der Waals surface area contributed by atoms with Crippen molar-refractivity contribution in [3.05, 3.63) is 34.4 Å². The average molecular weight is 323 g/mol. The van der Waals surface area contributed by atoms with Gasteiger partial charge in [-0.25, -0.2) is 0 Å². The molecule has 23 heavy (non-hydrogen) atoms. The summed E-state index contributed by atoms with van der Waals surface area (Å²) in [5.41, 5.74) is 0.412. The van der Waals surface area contributed by atoms with Crippen LogP contribution in [-0.4, -0.2) is 47.4 Å². The first-order valence-corrected chi connectivity index (χ1v) is 7.27. The van der Waals surface area contributed by atoms with E-state index in [1.54, 1.807) is 11.8 Å². The van der Waals surface area contributed by atoms with Crippen LogP contribution in [0.3, 0.4) is 0 Å². The third-order valence-electron chi connectivity index (χ3n) is 3.08. The highest BCUT2D eigenvalue weighted by Gasteiger charge is 2.18. The summed E-state index contributed by atoms with van der Waals surface area (Å²) in [6, 6.07) is 5.53. The van der Waals surface area contributed by atoms with E-state index in [1.165, 1.54) is 24.3 Å². The zero-order valence-electron chi connectivity index (χ0n) is 13.4. The van der Waals surface area contributed by atoms with Crippen LogP contribution in [0.25, 0.3) is 0 Å². The van der Waals surface area contributed by atoms with Gasteiger partial charge in [0.2, 0.25) is 5.91 Å². The summed E-state index contributed by atoms with van der Waals surface area (Å²) < 4.78 is 4.88. The number of hydrogen-bond donors (Lipinski definition) is 1. The predicted octanol–water partition coefficient (Wildman–Crippen LogP) is 1.81. The first-order chi connectivity index (χ1) is 10.8. The van der Waals surface area contributed by atoms with E-state index in [9.17, 15) is 19.7 Å². The monoisotopic (exact) mass is 323 g/mol. The molecule has 0 aliphatic heterocycles. The standard InChI is InChI=1S/C15H21N3O5/c1-4-23-15(20)10-17(11(2)3)9-14(19)16-12-5-7-13(8-6-12)18(21)22/h5-8,11H,4,9-10H2,1-3H3,(H,16,19). The van der Waals surface area contributed by atoms with Crippen molar-refractivity contribution in [1.82, 2.24) is 4.90 Å². The number of benzene rings is 1. The smallest absolute Gasteiger partial charge is 0.320 e. The molecule has 1 N–H and O–H groups in total. The second kappa shape index (κ2) is 8.84. The lowest BCUT2D eigenvalue weighted by Crippen LogP contribution is -2.41. The highest BCUT2D eigenvalue weighted by atomic mass is 16.6. The van der Waals surface area contributed by atoms with Crippen LogP contribution in [0.5, 0.6) is 0 Å². The summed E-state index contributed by atoms with van der Waals surface area (Å²) >= 11 is 0. The number of amides is 1. The van der Waals surface area contributed by atoms with Gasteiger partial charge in [0.1, 0.15) is 0 Å². The molecule has 0 saturated heterocycles. The fourth-order valence-electron chi connectivity index (χ4n) is 1.84. The number of carbonyl (C=O) groups excluding carboxylic acids is 2. The normalized spacial score (nSPS) is 10.7. The van der Waals surface area contributed by atoms with Crippen LogP contribution in [0.4, 0.5) is 11.4 Å². The van der Waals surface area contributed by atoms with E-state index < -0.39 is 4.92 Å². The molecule has 126 valence electrons. The van der Waals surface area contributed by atoms with E-state index in [0.29, 0.717) is 12.3 Å². The number of ether oxygens (including phenoxy) is 1. The Kier molecular flexibility index (Phi) is 7.14. The van der Waals surface area contributed by atoms with Crippen molar-refractivity contribution in [1.29, 1.82) is 0 Å². The molecular formula is C15H21N3O5. The van der Waals surface area contributed by atoms with Crippen molar-refractivity contribution in [2.45, 2.75) is 26.8 Å². The van der Waals surface area contributed by atoms with Gasteiger partial charge in [0.05, 0.1) is 24.6 Å². The maximum Gasteiger partial charge on any atom is 0.320 e. The quantitative estimate of drug-likeness (QED) is 0.445. The molecule has 8 heteroatoms. The van der Waals surface area contributed by atoms with E-state index in [4.69, 9.17) is 4.74 Å². The lowest BCUT2D eigenvalue weighted by molar-refractivity contribution is -0.384. The number of esters is 1. The molecule has 1 amide bonds. The van der Waals surface area contributed by atoms with Gasteiger partial charge in [-0.2, -0.15) is 0 Å². The Morgan fingerprint density at radius 3 is 2.35 bits per heavy atom. The fraction of sp³-hybridized carbons (Fsp3) is 0.467. The molecule has 0 aliphatic carbocycles. The first-order valence-electron chi connectivity index (χ1n) is 7.27. The third-order valence-corrected chi connectivity index (χ3v) is 3.08. The molecule has 0 spiro atoms. The summed E-state index contributed by atoms with van der Waals surface area (Å²) in [5.74, 6) is -0.693. The summed E-state index contributed by atoms with van der Waals surface area (Å²) in [6.07, 6.45) is 0. The Morgan fingerprint density at radius 1 is 1.26 bits per heavy atom. The zero-order chi connectivity index (χ0) is 17.4.